The Morgan fingerprint density at radius 2 is 1.86 bits per heavy atom. The molecule has 2 heterocycles. The van der Waals surface area contributed by atoms with Crippen molar-refractivity contribution in [2.45, 2.75) is 32.4 Å². The number of nitrogens with zero attached hydrogens (tertiary/aromatic N) is 2. The van der Waals surface area contributed by atoms with Crippen LogP contribution in [0.5, 0.6) is 0 Å². The van der Waals surface area contributed by atoms with Crippen molar-refractivity contribution >= 4 is 17.6 Å². The van der Waals surface area contributed by atoms with Crippen LogP contribution in [0.3, 0.4) is 0 Å². The third-order valence-electron chi connectivity index (χ3n) is 5.65. The minimum Gasteiger partial charge on any atom is -0.369 e. The first kappa shape index (κ1) is 20.8. The lowest BCUT2D eigenvalue weighted by Gasteiger charge is -2.32. The van der Waals surface area contributed by atoms with Crippen LogP contribution in [0.4, 0.5) is 5.82 Å². The van der Waals surface area contributed by atoms with Gasteiger partial charge in [-0.15, -0.1) is 0 Å². The molecule has 2 atom stereocenters. The number of carbonyl (C=O) groups is 2. The van der Waals surface area contributed by atoms with Gasteiger partial charge in [-0.1, -0.05) is 43.3 Å². The summed E-state index contributed by atoms with van der Waals surface area (Å²) in [4.78, 5) is 30.7. The SMILES string of the molecule is CC(C(=O)NCc1cccnc1N1CCC(C(N)=O)CC1)C(N)c1ccccc1. The fraction of sp³-hybridized carbons (Fsp3) is 0.409. The Morgan fingerprint density at radius 3 is 2.52 bits per heavy atom. The van der Waals surface area contributed by atoms with Crippen LogP contribution >= 0.6 is 0 Å². The lowest BCUT2D eigenvalue weighted by atomic mass is 9.94. The van der Waals surface area contributed by atoms with Crippen LogP contribution in [0.15, 0.2) is 48.7 Å². The number of amides is 2. The van der Waals surface area contributed by atoms with E-state index >= 15 is 0 Å². The maximum absolute atomic E-state index is 12.7. The van der Waals surface area contributed by atoms with Crippen molar-refractivity contribution in [2.75, 3.05) is 18.0 Å². The predicted octanol–water partition coefficient (Wildman–Crippen LogP) is 1.74. The van der Waals surface area contributed by atoms with Crippen LogP contribution in [0, 0.1) is 11.8 Å². The van der Waals surface area contributed by atoms with E-state index in [0.29, 0.717) is 6.54 Å². The van der Waals surface area contributed by atoms with E-state index in [1.165, 1.54) is 0 Å². The molecule has 7 nitrogen and oxygen atoms in total. The highest BCUT2D eigenvalue weighted by Gasteiger charge is 2.26. The van der Waals surface area contributed by atoms with E-state index in [2.05, 4.69) is 15.2 Å². The van der Waals surface area contributed by atoms with Gasteiger partial charge in [0.1, 0.15) is 5.82 Å². The van der Waals surface area contributed by atoms with Gasteiger partial charge in [0.05, 0.1) is 5.92 Å². The van der Waals surface area contributed by atoms with Crippen LogP contribution in [0.25, 0.3) is 0 Å². The van der Waals surface area contributed by atoms with Crippen LogP contribution in [0.1, 0.15) is 36.9 Å². The molecule has 3 rings (SSSR count). The van der Waals surface area contributed by atoms with Crippen molar-refractivity contribution in [3.8, 4) is 0 Å². The summed E-state index contributed by atoms with van der Waals surface area (Å²) in [6, 6.07) is 13.1. The van der Waals surface area contributed by atoms with Gasteiger partial charge in [-0.3, -0.25) is 9.59 Å². The Kier molecular flexibility index (Phi) is 6.82. The second-order valence-electron chi connectivity index (χ2n) is 7.59. The van der Waals surface area contributed by atoms with Crippen molar-refractivity contribution in [1.82, 2.24) is 10.3 Å². The van der Waals surface area contributed by atoms with Gasteiger partial charge >= 0.3 is 0 Å². The number of aromatic nitrogens is 1. The van der Waals surface area contributed by atoms with Crippen LogP contribution < -0.4 is 21.7 Å². The van der Waals surface area contributed by atoms with Gasteiger partial charge in [-0.25, -0.2) is 4.98 Å². The third-order valence-corrected chi connectivity index (χ3v) is 5.65. The molecular formula is C22H29N5O2. The van der Waals surface area contributed by atoms with Gasteiger partial charge in [0.15, 0.2) is 0 Å². The molecule has 1 fully saturated rings. The Bertz CT molecular complexity index is 834. The summed E-state index contributed by atoms with van der Waals surface area (Å²) in [6.45, 7) is 3.66. The van der Waals surface area contributed by atoms with Crippen LogP contribution in [-0.2, 0) is 16.1 Å². The Labute approximate surface area is 171 Å². The highest BCUT2D eigenvalue weighted by Crippen LogP contribution is 2.25. The number of carbonyl (C=O) groups excluding carboxylic acids is 2. The highest BCUT2D eigenvalue weighted by atomic mass is 16.2. The molecule has 0 radical (unpaired) electrons. The third kappa shape index (κ3) is 5.12. The number of primary amides is 1. The lowest BCUT2D eigenvalue weighted by molar-refractivity contribution is -0.125. The molecule has 2 amide bonds. The molecule has 0 saturated carbocycles. The quantitative estimate of drug-likeness (QED) is 0.661. The van der Waals surface area contributed by atoms with Gasteiger partial charge in [-0.2, -0.15) is 0 Å². The van der Waals surface area contributed by atoms with E-state index < -0.39 is 0 Å². The Balaban J connectivity index is 1.61. The van der Waals surface area contributed by atoms with Gasteiger partial charge in [0.2, 0.25) is 11.8 Å². The second-order valence-corrected chi connectivity index (χ2v) is 7.59. The van der Waals surface area contributed by atoms with Gasteiger partial charge < -0.3 is 21.7 Å². The van der Waals surface area contributed by atoms with Crippen molar-refractivity contribution in [2.24, 2.45) is 23.3 Å². The second kappa shape index (κ2) is 9.52. The molecule has 0 aliphatic carbocycles. The fourth-order valence-electron chi connectivity index (χ4n) is 3.70. The van der Waals surface area contributed by atoms with E-state index in [1.54, 1.807) is 6.20 Å². The van der Waals surface area contributed by atoms with E-state index in [1.807, 2.05) is 49.4 Å². The van der Waals surface area contributed by atoms with Gasteiger partial charge in [0, 0.05) is 43.4 Å². The summed E-state index contributed by atoms with van der Waals surface area (Å²) < 4.78 is 0. The standard InChI is InChI=1S/C22H29N5O2/c1-15(19(23)16-6-3-2-4-7-16)22(29)26-14-18-8-5-11-25-21(18)27-12-9-17(10-13-27)20(24)28/h2-8,11,15,17,19H,9-10,12-14,23H2,1H3,(H2,24,28)(H,26,29). The molecule has 1 aromatic carbocycles. The lowest BCUT2D eigenvalue weighted by Crippen LogP contribution is -2.40. The summed E-state index contributed by atoms with van der Waals surface area (Å²) >= 11 is 0. The van der Waals surface area contributed by atoms with E-state index in [9.17, 15) is 9.59 Å². The number of pyridine rings is 1. The molecule has 2 aromatic rings. The zero-order chi connectivity index (χ0) is 20.8. The maximum atomic E-state index is 12.7. The minimum absolute atomic E-state index is 0.0709. The first-order valence-corrected chi connectivity index (χ1v) is 10.0. The summed E-state index contributed by atoms with van der Waals surface area (Å²) in [5, 5.41) is 3.00. The molecule has 1 aliphatic rings. The molecule has 154 valence electrons. The maximum Gasteiger partial charge on any atom is 0.225 e. The van der Waals surface area contributed by atoms with Gasteiger partial charge in [-0.05, 0) is 24.5 Å². The molecule has 0 spiro atoms. The molecule has 7 heteroatoms. The van der Waals surface area contributed by atoms with E-state index in [0.717, 1.165) is 42.9 Å². The monoisotopic (exact) mass is 395 g/mol. The van der Waals surface area contributed by atoms with Crippen molar-refractivity contribution in [3.63, 3.8) is 0 Å². The molecular weight excluding hydrogens is 366 g/mol. The number of hydrogen-bond donors (Lipinski definition) is 3. The zero-order valence-electron chi connectivity index (χ0n) is 16.8. The topological polar surface area (TPSA) is 114 Å². The molecule has 2 unspecified atom stereocenters. The summed E-state index contributed by atoms with van der Waals surface area (Å²) in [7, 11) is 0. The number of anilines is 1. The first-order valence-electron chi connectivity index (χ1n) is 10.0. The molecule has 1 aromatic heterocycles. The number of nitrogens with two attached hydrogens (primary N) is 2. The van der Waals surface area contributed by atoms with Gasteiger partial charge in [0.25, 0.3) is 0 Å². The normalized spacial score (nSPS) is 16.8. The fourth-order valence-corrected chi connectivity index (χ4v) is 3.70. The molecule has 29 heavy (non-hydrogen) atoms. The number of hydrogen-bond acceptors (Lipinski definition) is 5. The number of piperidine rings is 1. The Morgan fingerprint density at radius 1 is 1.17 bits per heavy atom. The Hall–Kier alpha value is -2.93. The number of rotatable bonds is 7. The van der Waals surface area contributed by atoms with Crippen LogP contribution in [-0.4, -0.2) is 29.9 Å². The van der Waals surface area contributed by atoms with E-state index in [-0.39, 0.29) is 29.7 Å². The van der Waals surface area contributed by atoms with Crippen LogP contribution in [0.2, 0.25) is 0 Å². The number of nitrogens with one attached hydrogen (secondary N) is 1. The first-order chi connectivity index (χ1) is 14.0. The minimum atomic E-state index is -0.364. The van der Waals surface area contributed by atoms with Crippen molar-refractivity contribution in [3.05, 3.63) is 59.8 Å². The predicted molar refractivity (Wildman–Crippen MR) is 113 cm³/mol. The van der Waals surface area contributed by atoms with Crippen molar-refractivity contribution in [1.29, 1.82) is 0 Å². The number of benzene rings is 1. The van der Waals surface area contributed by atoms with Crippen molar-refractivity contribution < 1.29 is 9.59 Å². The highest BCUT2D eigenvalue weighted by molar-refractivity contribution is 5.79. The summed E-state index contributed by atoms with van der Waals surface area (Å²) in [6.07, 6.45) is 3.19. The summed E-state index contributed by atoms with van der Waals surface area (Å²) in [5.74, 6) is 0.0866. The summed E-state index contributed by atoms with van der Waals surface area (Å²) in [5.41, 5.74) is 13.6. The molecule has 0 bridgehead atoms. The smallest absolute Gasteiger partial charge is 0.225 e. The molecule has 1 saturated heterocycles. The average Bonchev–Trinajstić information content (AvgIpc) is 2.77. The van der Waals surface area contributed by atoms with E-state index in [4.69, 9.17) is 11.5 Å². The zero-order valence-corrected chi connectivity index (χ0v) is 16.8. The molecule has 5 N–H and O–H groups in total. The average molecular weight is 396 g/mol. The molecule has 1 aliphatic heterocycles. The largest absolute Gasteiger partial charge is 0.369 e.